The van der Waals surface area contributed by atoms with Gasteiger partial charge in [0.25, 0.3) is 0 Å². The van der Waals surface area contributed by atoms with Crippen LogP contribution in [0.25, 0.3) is 0 Å². The first-order chi connectivity index (χ1) is 6.71. The molecule has 0 aromatic heterocycles. The molecule has 1 aromatic carbocycles. The Kier molecular flexibility index (Phi) is 3.61. The lowest BCUT2D eigenvalue weighted by Gasteiger charge is -2.08. The van der Waals surface area contributed by atoms with E-state index < -0.39 is 5.38 Å². The molecule has 1 aromatic rings. The maximum Gasteiger partial charge on any atom is 0.145 e. The highest BCUT2D eigenvalue weighted by Gasteiger charge is 2.09. The molecule has 14 heavy (non-hydrogen) atoms. The summed E-state index contributed by atoms with van der Waals surface area (Å²) in [5.41, 5.74) is 0.672. The Morgan fingerprint density at radius 2 is 1.71 bits per heavy atom. The van der Waals surface area contributed by atoms with E-state index in [2.05, 4.69) is 0 Å². The normalized spacial score (nSPS) is 11.6. The molecule has 74 valence electrons. The van der Waals surface area contributed by atoms with E-state index in [9.17, 15) is 0 Å². The minimum Gasteiger partial charge on any atom is -0.497 e. The van der Waals surface area contributed by atoms with Gasteiger partial charge in [0.2, 0.25) is 0 Å². The van der Waals surface area contributed by atoms with Crippen molar-refractivity contribution in [1.29, 1.82) is 5.26 Å². The molecule has 0 radical (unpaired) electrons. The van der Waals surface area contributed by atoms with Gasteiger partial charge in [-0.1, -0.05) is 0 Å². The van der Waals surface area contributed by atoms with E-state index in [4.69, 9.17) is 26.3 Å². The summed E-state index contributed by atoms with van der Waals surface area (Å²) in [4.78, 5) is 0. The zero-order chi connectivity index (χ0) is 10.6. The molecule has 0 saturated carbocycles. The van der Waals surface area contributed by atoms with Crippen molar-refractivity contribution in [3.63, 3.8) is 0 Å². The topological polar surface area (TPSA) is 42.2 Å². The van der Waals surface area contributed by atoms with Crippen molar-refractivity contribution in [2.45, 2.75) is 5.38 Å². The largest absolute Gasteiger partial charge is 0.497 e. The Morgan fingerprint density at radius 3 is 2.07 bits per heavy atom. The number of hydrogen-bond donors (Lipinski definition) is 0. The second-order valence-electron chi connectivity index (χ2n) is 2.64. The highest BCUT2D eigenvalue weighted by Crippen LogP contribution is 2.28. The van der Waals surface area contributed by atoms with Crippen LogP contribution in [-0.4, -0.2) is 14.2 Å². The Balaban J connectivity index is 3.12. The van der Waals surface area contributed by atoms with Gasteiger partial charge in [-0.05, 0) is 17.7 Å². The third-order valence-corrected chi connectivity index (χ3v) is 2.13. The van der Waals surface area contributed by atoms with Crippen molar-refractivity contribution >= 4 is 11.6 Å². The summed E-state index contributed by atoms with van der Waals surface area (Å²) in [7, 11) is 3.10. The number of rotatable bonds is 3. The molecule has 1 atom stereocenters. The van der Waals surface area contributed by atoms with Gasteiger partial charge in [-0.2, -0.15) is 5.26 Å². The molecule has 0 amide bonds. The lowest BCUT2D eigenvalue weighted by molar-refractivity contribution is 0.393. The highest BCUT2D eigenvalue weighted by molar-refractivity contribution is 6.22. The molecule has 0 aliphatic heterocycles. The summed E-state index contributed by atoms with van der Waals surface area (Å²) < 4.78 is 10.1. The van der Waals surface area contributed by atoms with E-state index >= 15 is 0 Å². The van der Waals surface area contributed by atoms with Gasteiger partial charge < -0.3 is 9.47 Å². The van der Waals surface area contributed by atoms with Crippen LogP contribution < -0.4 is 9.47 Å². The van der Waals surface area contributed by atoms with E-state index in [1.165, 1.54) is 0 Å². The van der Waals surface area contributed by atoms with E-state index in [-0.39, 0.29) is 0 Å². The fourth-order valence-corrected chi connectivity index (χ4v) is 1.18. The zero-order valence-corrected chi connectivity index (χ0v) is 8.71. The second-order valence-corrected chi connectivity index (χ2v) is 3.07. The van der Waals surface area contributed by atoms with Gasteiger partial charge in [-0.3, -0.25) is 0 Å². The summed E-state index contributed by atoms with van der Waals surface area (Å²) in [5.74, 6) is 1.25. The number of methoxy groups -OCH3 is 2. The molecule has 3 nitrogen and oxygen atoms in total. The third kappa shape index (κ3) is 2.30. The first-order valence-corrected chi connectivity index (χ1v) is 4.41. The van der Waals surface area contributed by atoms with Crippen molar-refractivity contribution in [1.82, 2.24) is 0 Å². The fraction of sp³-hybridized carbons (Fsp3) is 0.300. The first-order valence-electron chi connectivity index (χ1n) is 3.98. The van der Waals surface area contributed by atoms with Crippen molar-refractivity contribution in [3.05, 3.63) is 23.8 Å². The smallest absolute Gasteiger partial charge is 0.145 e. The Bertz CT molecular complexity index is 337. The van der Waals surface area contributed by atoms with Gasteiger partial charge in [-0.25, -0.2) is 0 Å². The van der Waals surface area contributed by atoms with E-state index in [0.29, 0.717) is 17.1 Å². The Morgan fingerprint density at radius 1 is 1.21 bits per heavy atom. The molecule has 0 aliphatic carbocycles. The summed E-state index contributed by atoms with van der Waals surface area (Å²) in [6.45, 7) is 0. The molecule has 0 saturated heterocycles. The molecule has 4 heteroatoms. The molecule has 1 rings (SSSR count). The molecular formula is C10H10ClNO2. The van der Waals surface area contributed by atoms with Crippen LogP contribution in [0.1, 0.15) is 10.9 Å². The predicted molar refractivity (Wildman–Crippen MR) is 53.8 cm³/mol. The number of nitrogens with zero attached hydrogens (tertiary/aromatic N) is 1. The van der Waals surface area contributed by atoms with Crippen molar-refractivity contribution in [2.24, 2.45) is 0 Å². The highest BCUT2D eigenvalue weighted by atomic mass is 35.5. The lowest BCUT2D eigenvalue weighted by atomic mass is 10.1. The van der Waals surface area contributed by atoms with Gasteiger partial charge in [-0.15, -0.1) is 11.6 Å². The maximum atomic E-state index is 8.65. The summed E-state index contributed by atoms with van der Waals surface area (Å²) in [5, 5.41) is 7.97. The van der Waals surface area contributed by atoms with Gasteiger partial charge >= 0.3 is 0 Å². The number of hydrogen-bond acceptors (Lipinski definition) is 3. The molecule has 0 aliphatic rings. The van der Waals surface area contributed by atoms with Crippen molar-refractivity contribution in [3.8, 4) is 17.6 Å². The standard InChI is InChI=1S/C10H10ClNO2/c1-13-8-3-7(10(11)6-12)4-9(5-8)14-2/h3-5,10H,1-2H3. The number of benzene rings is 1. The van der Waals surface area contributed by atoms with E-state index in [1.54, 1.807) is 32.4 Å². The van der Waals surface area contributed by atoms with Gasteiger partial charge in [0.1, 0.15) is 16.9 Å². The molecular weight excluding hydrogens is 202 g/mol. The van der Waals surface area contributed by atoms with E-state index in [0.717, 1.165) is 0 Å². The average molecular weight is 212 g/mol. The molecule has 0 heterocycles. The second kappa shape index (κ2) is 4.73. The van der Waals surface area contributed by atoms with Gasteiger partial charge in [0, 0.05) is 6.07 Å². The number of ether oxygens (including phenoxy) is 2. The SMILES string of the molecule is COc1cc(OC)cc(C(Cl)C#N)c1. The predicted octanol–water partition coefficient (Wildman–Crippen LogP) is 2.51. The minimum absolute atomic E-state index is 0.625. The maximum absolute atomic E-state index is 8.65. The van der Waals surface area contributed by atoms with Crippen LogP contribution in [-0.2, 0) is 0 Å². The Hall–Kier alpha value is -1.40. The van der Waals surface area contributed by atoms with Crippen LogP contribution in [0.5, 0.6) is 11.5 Å². The van der Waals surface area contributed by atoms with Crippen molar-refractivity contribution in [2.75, 3.05) is 14.2 Å². The van der Waals surface area contributed by atoms with Crippen LogP contribution in [0.4, 0.5) is 0 Å². The summed E-state index contributed by atoms with van der Waals surface area (Å²) in [6, 6.07) is 7.09. The third-order valence-electron chi connectivity index (χ3n) is 1.78. The summed E-state index contributed by atoms with van der Waals surface area (Å²) >= 11 is 5.78. The first kappa shape index (κ1) is 10.7. The lowest BCUT2D eigenvalue weighted by Crippen LogP contribution is -1.92. The molecule has 0 fully saturated rings. The molecule has 1 unspecified atom stereocenters. The van der Waals surface area contributed by atoms with Crippen LogP contribution in [0, 0.1) is 11.3 Å². The molecule has 0 spiro atoms. The van der Waals surface area contributed by atoms with Gasteiger partial charge in [0.15, 0.2) is 0 Å². The number of alkyl halides is 1. The number of halogens is 1. The van der Waals surface area contributed by atoms with Gasteiger partial charge in [0.05, 0.1) is 20.3 Å². The zero-order valence-electron chi connectivity index (χ0n) is 7.95. The molecule has 0 bridgehead atoms. The Labute approximate surface area is 87.8 Å². The monoisotopic (exact) mass is 211 g/mol. The number of nitriles is 1. The van der Waals surface area contributed by atoms with E-state index in [1.807, 2.05) is 6.07 Å². The quantitative estimate of drug-likeness (QED) is 0.722. The van der Waals surface area contributed by atoms with Crippen LogP contribution >= 0.6 is 11.6 Å². The fourth-order valence-electron chi connectivity index (χ4n) is 1.05. The minimum atomic E-state index is -0.681. The average Bonchev–Trinajstić information content (AvgIpc) is 2.27. The van der Waals surface area contributed by atoms with Crippen LogP contribution in [0.2, 0.25) is 0 Å². The van der Waals surface area contributed by atoms with Crippen molar-refractivity contribution < 1.29 is 9.47 Å². The molecule has 0 N–H and O–H groups in total. The van der Waals surface area contributed by atoms with Crippen LogP contribution in [0.3, 0.4) is 0 Å². The van der Waals surface area contributed by atoms with Crippen LogP contribution in [0.15, 0.2) is 18.2 Å². The summed E-state index contributed by atoms with van der Waals surface area (Å²) in [6.07, 6.45) is 0.